The molecule has 1 saturated heterocycles. The SMILES string of the molecule is CC1(C)Cc2cccc(OCC(=O)N3CCN(C(c4ccccc4)c4ccccc4)CC3)c2O1. The van der Waals surface area contributed by atoms with Crippen molar-refractivity contribution in [1.82, 2.24) is 9.80 Å². The highest BCUT2D eigenvalue weighted by Gasteiger charge is 2.33. The Morgan fingerprint density at radius 3 is 2.12 bits per heavy atom. The molecule has 0 aromatic heterocycles. The first kappa shape index (κ1) is 22.5. The molecule has 0 aliphatic carbocycles. The second-order valence-corrected chi connectivity index (χ2v) is 9.71. The zero-order valence-electron chi connectivity index (χ0n) is 19.9. The summed E-state index contributed by atoms with van der Waals surface area (Å²) < 4.78 is 12.0. The Morgan fingerprint density at radius 2 is 1.50 bits per heavy atom. The number of carbonyl (C=O) groups is 1. The fourth-order valence-corrected chi connectivity index (χ4v) is 5.05. The summed E-state index contributed by atoms with van der Waals surface area (Å²) in [7, 11) is 0. The van der Waals surface area contributed by atoms with E-state index >= 15 is 0 Å². The molecule has 0 spiro atoms. The van der Waals surface area contributed by atoms with Gasteiger partial charge in [-0.25, -0.2) is 0 Å². The predicted molar refractivity (Wildman–Crippen MR) is 133 cm³/mol. The number of rotatable bonds is 6. The van der Waals surface area contributed by atoms with E-state index in [4.69, 9.17) is 9.47 Å². The minimum atomic E-state index is -0.240. The van der Waals surface area contributed by atoms with E-state index in [9.17, 15) is 4.79 Å². The molecule has 2 heterocycles. The van der Waals surface area contributed by atoms with Crippen molar-refractivity contribution in [3.05, 3.63) is 95.6 Å². The largest absolute Gasteiger partial charge is 0.483 e. The van der Waals surface area contributed by atoms with Gasteiger partial charge in [0.1, 0.15) is 5.60 Å². The number of benzene rings is 3. The normalized spacial score (nSPS) is 17.3. The summed E-state index contributed by atoms with van der Waals surface area (Å²) in [6, 6.07) is 27.3. The maximum absolute atomic E-state index is 13.0. The van der Waals surface area contributed by atoms with Gasteiger partial charge >= 0.3 is 0 Å². The topological polar surface area (TPSA) is 42.0 Å². The molecule has 2 aliphatic heterocycles. The molecule has 0 radical (unpaired) electrons. The van der Waals surface area contributed by atoms with Crippen LogP contribution in [0, 0.1) is 0 Å². The molecule has 34 heavy (non-hydrogen) atoms. The van der Waals surface area contributed by atoms with Gasteiger partial charge < -0.3 is 14.4 Å². The van der Waals surface area contributed by atoms with E-state index in [-0.39, 0.29) is 24.2 Å². The van der Waals surface area contributed by atoms with Gasteiger partial charge in [0, 0.05) is 38.2 Å². The number of ether oxygens (including phenoxy) is 2. The molecule has 176 valence electrons. The van der Waals surface area contributed by atoms with E-state index in [2.05, 4.69) is 85.5 Å². The average molecular weight is 457 g/mol. The van der Waals surface area contributed by atoms with Gasteiger partial charge in [0.15, 0.2) is 18.1 Å². The quantitative estimate of drug-likeness (QED) is 0.539. The fraction of sp³-hybridized carbons (Fsp3) is 0.345. The number of hydrogen-bond acceptors (Lipinski definition) is 4. The van der Waals surface area contributed by atoms with Crippen LogP contribution in [-0.2, 0) is 11.2 Å². The highest BCUT2D eigenvalue weighted by Crippen LogP contribution is 2.41. The first-order chi connectivity index (χ1) is 16.5. The van der Waals surface area contributed by atoms with Crippen LogP contribution in [-0.4, -0.2) is 54.1 Å². The minimum Gasteiger partial charge on any atom is -0.483 e. The summed E-state index contributed by atoms with van der Waals surface area (Å²) in [4.78, 5) is 17.3. The maximum atomic E-state index is 13.0. The molecule has 0 bridgehead atoms. The first-order valence-corrected chi connectivity index (χ1v) is 12.1. The lowest BCUT2D eigenvalue weighted by Crippen LogP contribution is -2.51. The fourth-order valence-electron chi connectivity index (χ4n) is 5.05. The Hall–Kier alpha value is -3.31. The van der Waals surface area contributed by atoms with E-state index < -0.39 is 0 Å². The lowest BCUT2D eigenvalue weighted by Gasteiger charge is -2.39. The molecule has 0 unspecified atom stereocenters. The van der Waals surface area contributed by atoms with E-state index in [1.54, 1.807) is 0 Å². The van der Waals surface area contributed by atoms with E-state index in [0.717, 1.165) is 30.8 Å². The molecule has 1 fully saturated rings. The third-order valence-corrected chi connectivity index (χ3v) is 6.67. The van der Waals surface area contributed by atoms with Crippen molar-refractivity contribution < 1.29 is 14.3 Å². The number of piperazine rings is 1. The van der Waals surface area contributed by atoms with E-state index in [1.165, 1.54) is 11.1 Å². The van der Waals surface area contributed by atoms with Crippen molar-refractivity contribution in [1.29, 1.82) is 0 Å². The number of nitrogens with zero attached hydrogens (tertiary/aromatic N) is 2. The van der Waals surface area contributed by atoms with Gasteiger partial charge in [-0.2, -0.15) is 0 Å². The Bertz CT molecular complexity index is 1080. The van der Waals surface area contributed by atoms with Gasteiger partial charge in [-0.3, -0.25) is 9.69 Å². The summed E-state index contributed by atoms with van der Waals surface area (Å²) in [6.07, 6.45) is 0.847. The second kappa shape index (κ2) is 9.51. The molecular formula is C29H32N2O3. The van der Waals surface area contributed by atoms with Crippen LogP contribution in [0.4, 0.5) is 0 Å². The zero-order chi connectivity index (χ0) is 23.5. The van der Waals surface area contributed by atoms with Crippen LogP contribution in [0.1, 0.15) is 36.6 Å². The molecule has 5 heteroatoms. The number of hydrogen-bond donors (Lipinski definition) is 0. The van der Waals surface area contributed by atoms with Crippen molar-refractivity contribution in [3.8, 4) is 11.5 Å². The summed E-state index contributed by atoms with van der Waals surface area (Å²) in [5.41, 5.74) is 3.45. The Labute approximate surface area is 201 Å². The van der Waals surface area contributed by atoms with E-state index in [0.29, 0.717) is 18.8 Å². The predicted octanol–water partition coefficient (Wildman–Crippen LogP) is 4.71. The maximum Gasteiger partial charge on any atom is 0.260 e. The third kappa shape index (κ3) is 4.80. The first-order valence-electron chi connectivity index (χ1n) is 12.1. The Morgan fingerprint density at radius 1 is 0.882 bits per heavy atom. The van der Waals surface area contributed by atoms with Gasteiger partial charge in [0.05, 0.1) is 6.04 Å². The molecular weight excluding hydrogens is 424 g/mol. The summed E-state index contributed by atoms with van der Waals surface area (Å²) in [6.45, 7) is 7.18. The van der Waals surface area contributed by atoms with Crippen molar-refractivity contribution >= 4 is 5.91 Å². The van der Waals surface area contributed by atoms with Gasteiger partial charge in [-0.1, -0.05) is 72.8 Å². The van der Waals surface area contributed by atoms with Gasteiger partial charge in [-0.15, -0.1) is 0 Å². The van der Waals surface area contributed by atoms with Crippen molar-refractivity contribution in [2.45, 2.75) is 31.9 Å². The van der Waals surface area contributed by atoms with Crippen LogP contribution < -0.4 is 9.47 Å². The van der Waals surface area contributed by atoms with Crippen LogP contribution in [0.3, 0.4) is 0 Å². The summed E-state index contributed by atoms with van der Waals surface area (Å²) >= 11 is 0. The highest BCUT2D eigenvalue weighted by atomic mass is 16.5. The van der Waals surface area contributed by atoms with Gasteiger partial charge in [0.2, 0.25) is 0 Å². The molecule has 2 aliphatic rings. The lowest BCUT2D eigenvalue weighted by atomic mass is 9.96. The Kier molecular flexibility index (Phi) is 6.29. The zero-order valence-corrected chi connectivity index (χ0v) is 19.9. The monoisotopic (exact) mass is 456 g/mol. The van der Waals surface area contributed by atoms with Crippen LogP contribution in [0.25, 0.3) is 0 Å². The van der Waals surface area contributed by atoms with Crippen LogP contribution in [0.5, 0.6) is 11.5 Å². The number of para-hydroxylation sites is 1. The molecule has 0 atom stereocenters. The van der Waals surface area contributed by atoms with Crippen molar-refractivity contribution in [2.24, 2.45) is 0 Å². The standard InChI is InChI=1S/C29H32N2O3/c1-29(2)20-24-14-9-15-25(28(24)34-29)33-21-26(32)30-16-18-31(19-17-30)27(22-10-5-3-6-11-22)23-12-7-4-8-13-23/h3-15,27H,16-21H2,1-2H3. The average Bonchev–Trinajstić information content (AvgIpc) is 3.19. The molecule has 0 saturated carbocycles. The molecule has 3 aromatic carbocycles. The summed E-state index contributed by atoms with van der Waals surface area (Å²) in [5.74, 6) is 1.45. The van der Waals surface area contributed by atoms with Crippen LogP contribution >= 0.6 is 0 Å². The molecule has 1 amide bonds. The smallest absolute Gasteiger partial charge is 0.260 e. The van der Waals surface area contributed by atoms with Crippen molar-refractivity contribution in [3.63, 3.8) is 0 Å². The Balaban J connectivity index is 1.22. The van der Waals surface area contributed by atoms with Crippen LogP contribution in [0.15, 0.2) is 78.9 Å². The lowest BCUT2D eigenvalue weighted by molar-refractivity contribution is -0.135. The molecule has 3 aromatic rings. The van der Waals surface area contributed by atoms with Crippen LogP contribution in [0.2, 0.25) is 0 Å². The molecule has 5 nitrogen and oxygen atoms in total. The number of fused-ring (bicyclic) bond motifs is 1. The summed E-state index contributed by atoms with van der Waals surface area (Å²) in [5, 5.41) is 0. The number of amides is 1. The third-order valence-electron chi connectivity index (χ3n) is 6.67. The number of carbonyl (C=O) groups excluding carboxylic acids is 1. The van der Waals surface area contributed by atoms with Gasteiger partial charge in [0.25, 0.3) is 5.91 Å². The van der Waals surface area contributed by atoms with E-state index in [1.807, 2.05) is 17.0 Å². The minimum absolute atomic E-state index is 0.0190. The van der Waals surface area contributed by atoms with Crippen molar-refractivity contribution in [2.75, 3.05) is 32.8 Å². The molecule has 5 rings (SSSR count). The van der Waals surface area contributed by atoms with Gasteiger partial charge in [-0.05, 0) is 31.0 Å². The highest BCUT2D eigenvalue weighted by molar-refractivity contribution is 5.78. The second-order valence-electron chi connectivity index (χ2n) is 9.71. The molecule has 0 N–H and O–H groups in total.